The van der Waals surface area contributed by atoms with Crippen molar-refractivity contribution in [1.29, 1.82) is 0 Å². The van der Waals surface area contributed by atoms with Crippen LogP contribution >= 0.6 is 0 Å². The highest BCUT2D eigenvalue weighted by Gasteiger charge is 2.33. The molecule has 0 saturated heterocycles. The molecule has 176 valence electrons. The minimum atomic E-state index is -4.59. The number of nitrogens with zero attached hydrogens (tertiary/aromatic N) is 4. The van der Waals surface area contributed by atoms with Gasteiger partial charge in [0, 0.05) is 11.8 Å². The van der Waals surface area contributed by atoms with Crippen LogP contribution in [0.3, 0.4) is 0 Å². The van der Waals surface area contributed by atoms with Gasteiger partial charge in [0.2, 0.25) is 0 Å². The van der Waals surface area contributed by atoms with Crippen LogP contribution in [0.15, 0.2) is 41.3 Å². The Hall–Kier alpha value is -3.04. The molecule has 2 heterocycles. The van der Waals surface area contributed by atoms with Crippen LogP contribution in [0.25, 0.3) is 5.82 Å². The van der Waals surface area contributed by atoms with E-state index in [4.69, 9.17) is 0 Å². The van der Waals surface area contributed by atoms with Gasteiger partial charge in [-0.3, -0.25) is 9.36 Å². The van der Waals surface area contributed by atoms with Crippen LogP contribution < -0.4 is 5.56 Å². The number of halogens is 5. The molecule has 0 N–H and O–H groups in total. The van der Waals surface area contributed by atoms with E-state index in [2.05, 4.69) is 10.1 Å². The van der Waals surface area contributed by atoms with Gasteiger partial charge < -0.3 is 0 Å². The summed E-state index contributed by atoms with van der Waals surface area (Å²) in [6.07, 6.45) is -1.72. The lowest BCUT2D eigenvalue weighted by atomic mass is 9.85. The number of benzene rings is 1. The smallest absolute Gasteiger partial charge is 0.286 e. The van der Waals surface area contributed by atoms with Crippen molar-refractivity contribution in [3.63, 3.8) is 0 Å². The first-order valence-corrected chi connectivity index (χ1v) is 10.8. The van der Waals surface area contributed by atoms with Crippen molar-refractivity contribution in [1.82, 2.24) is 19.3 Å². The third-order valence-electron chi connectivity index (χ3n) is 6.05. The Bertz CT molecular complexity index is 1190. The minimum absolute atomic E-state index is 0.0597. The summed E-state index contributed by atoms with van der Waals surface area (Å²) in [6, 6.07) is 6.58. The Morgan fingerprint density at radius 2 is 1.82 bits per heavy atom. The van der Waals surface area contributed by atoms with Crippen LogP contribution in [0.4, 0.5) is 22.0 Å². The topological polar surface area (TPSA) is 52.7 Å². The van der Waals surface area contributed by atoms with Crippen LogP contribution in [0.2, 0.25) is 0 Å². The first-order chi connectivity index (χ1) is 15.6. The van der Waals surface area contributed by atoms with E-state index >= 15 is 0 Å². The third kappa shape index (κ3) is 4.84. The van der Waals surface area contributed by atoms with Gasteiger partial charge in [-0.2, -0.15) is 18.3 Å². The molecule has 10 heteroatoms. The molecule has 0 aliphatic heterocycles. The summed E-state index contributed by atoms with van der Waals surface area (Å²) in [6.45, 7) is 1.14. The van der Waals surface area contributed by atoms with Gasteiger partial charge in [0.05, 0.1) is 12.1 Å². The summed E-state index contributed by atoms with van der Waals surface area (Å²) in [5.74, 6) is 0.361. The highest BCUT2D eigenvalue weighted by atomic mass is 19.4. The second-order valence-electron chi connectivity index (χ2n) is 8.29. The SMILES string of the molecule is Cc1nc(C(F)F)cn1-c1cc(C2CCCCC2)c(=O)n(Cc2ccccc2C(F)(F)F)n1. The van der Waals surface area contributed by atoms with Crippen molar-refractivity contribution in [2.75, 3.05) is 0 Å². The molecule has 1 fully saturated rings. The molecule has 4 rings (SSSR count). The van der Waals surface area contributed by atoms with Crippen molar-refractivity contribution < 1.29 is 22.0 Å². The molecule has 1 aliphatic carbocycles. The maximum absolute atomic E-state index is 13.5. The van der Waals surface area contributed by atoms with Crippen molar-refractivity contribution >= 4 is 0 Å². The monoisotopic (exact) mass is 466 g/mol. The first kappa shape index (κ1) is 23.1. The Labute approximate surface area is 186 Å². The van der Waals surface area contributed by atoms with Gasteiger partial charge in [-0.25, -0.2) is 18.4 Å². The Morgan fingerprint density at radius 1 is 1.12 bits per heavy atom. The molecule has 1 aliphatic rings. The van der Waals surface area contributed by atoms with Crippen molar-refractivity contribution in [2.24, 2.45) is 0 Å². The maximum Gasteiger partial charge on any atom is 0.416 e. The Kier molecular flexibility index (Phi) is 6.36. The van der Waals surface area contributed by atoms with Crippen molar-refractivity contribution in [3.8, 4) is 5.82 Å². The molecular formula is C23H23F5N4O. The summed E-state index contributed by atoms with van der Waals surface area (Å²) in [4.78, 5) is 17.1. The number of alkyl halides is 5. The molecule has 0 amide bonds. The number of aromatic nitrogens is 4. The fourth-order valence-corrected chi connectivity index (χ4v) is 4.41. The number of rotatable bonds is 5. The fourth-order valence-electron chi connectivity index (χ4n) is 4.41. The van der Waals surface area contributed by atoms with Gasteiger partial charge in [-0.1, -0.05) is 37.5 Å². The number of hydrogen-bond donors (Lipinski definition) is 0. The molecule has 2 aromatic heterocycles. The highest BCUT2D eigenvalue weighted by molar-refractivity contribution is 5.33. The van der Waals surface area contributed by atoms with E-state index in [1.807, 2.05) is 0 Å². The molecule has 1 saturated carbocycles. The van der Waals surface area contributed by atoms with Crippen LogP contribution in [0.5, 0.6) is 0 Å². The summed E-state index contributed by atoms with van der Waals surface area (Å²) >= 11 is 0. The average Bonchev–Trinajstić information content (AvgIpc) is 3.17. The average molecular weight is 466 g/mol. The molecule has 0 atom stereocenters. The molecule has 33 heavy (non-hydrogen) atoms. The van der Waals surface area contributed by atoms with Crippen LogP contribution in [-0.2, 0) is 12.7 Å². The van der Waals surface area contributed by atoms with Gasteiger partial charge in [-0.05, 0) is 43.4 Å². The lowest BCUT2D eigenvalue weighted by Crippen LogP contribution is -2.30. The zero-order valence-corrected chi connectivity index (χ0v) is 17.9. The maximum atomic E-state index is 13.5. The van der Waals surface area contributed by atoms with E-state index in [1.165, 1.54) is 29.7 Å². The van der Waals surface area contributed by atoms with Gasteiger partial charge in [0.1, 0.15) is 11.5 Å². The summed E-state index contributed by atoms with van der Waals surface area (Å²) in [5, 5.41) is 4.26. The van der Waals surface area contributed by atoms with Crippen molar-refractivity contribution in [3.05, 3.63) is 75.1 Å². The van der Waals surface area contributed by atoms with Gasteiger partial charge in [-0.15, -0.1) is 0 Å². The summed E-state index contributed by atoms with van der Waals surface area (Å²) in [7, 11) is 0. The molecule has 0 spiro atoms. The van der Waals surface area contributed by atoms with E-state index in [1.54, 1.807) is 6.07 Å². The number of imidazole rings is 1. The van der Waals surface area contributed by atoms with Gasteiger partial charge >= 0.3 is 6.18 Å². The van der Waals surface area contributed by atoms with E-state index in [0.717, 1.165) is 49.0 Å². The van der Waals surface area contributed by atoms with E-state index < -0.39 is 36.0 Å². The molecule has 0 bridgehead atoms. The molecule has 5 nitrogen and oxygen atoms in total. The normalized spacial score (nSPS) is 15.4. The zero-order valence-electron chi connectivity index (χ0n) is 17.9. The molecule has 0 radical (unpaired) electrons. The summed E-state index contributed by atoms with van der Waals surface area (Å²) in [5.41, 5.74) is -1.40. The largest absolute Gasteiger partial charge is 0.416 e. The van der Waals surface area contributed by atoms with Crippen LogP contribution in [0.1, 0.15) is 72.7 Å². The number of aryl methyl sites for hydroxylation is 1. The minimum Gasteiger partial charge on any atom is -0.286 e. The molecule has 1 aromatic carbocycles. The predicted octanol–water partition coefficient (Wildman–Crippen LogP) is 5.79. The van der Waals surface area contributed by atoms with Crippen molar-refractivity contribution in [2.45, 2.75) is 64.1 Å². The highest BCUT2D eigenvalue weighted by Crippen LogP contribution is 2.33. The van der Waals surface area contributed by atoms with Gasteiger partial charge in [0.25, 0.3) is 12.0 Å². The first-order valence-electron chi connectivity index (χ1n) is 10.8. The molecular weight excluding hydrogens is 443 g/mol. The second kappa shape index (κ2) is 9.07. The summed E-state index contributed by atoms with van der Waals surface area (Å²) < 4.78 is 69.2. The van der Waals surface area contributed by atoms with E-state index in [0.29, 0.717) is 5.56 Å². The molecule has 0 unspecified atom stereocenters. The quantitative estimate of drug-likeness (QED) is 0.448. The van der Waals surface area contributed by atoms with Crippen LogP contribution in [-0.4, -0.2) is 19.3 Å². The Balaban J connectivity index is 1.85. The Morgan fingerprint density at radius 3 is 2.45 bits per heavy atom. The second-order valence-corrected chi connectivity index (χ2v) is 8.29. The standard InChI is InChI=1S/C23H23F5N4O/c1-14-29-19(21(24)25)13-31(14)20-11-17(15-7-3-2-4-8-15)22(33)32(30-20)12-16-9-5-6-10-18(16)23(26,27)28/h5-6,9-11,13,15,21H,2-4,7-8,12H2,1H3. The molecule has 3 aromatic rings. The van der Waals surface area contributed by atoms with E-state index in [-0.39, 0.29) is 23.1 Å². The van der Waals surface area contributed by atoms with E-state index in [9.17, 15) is 26.7 Å². The third-order valence-corrected chi connectivity index (χ3v) is 6.05. The lowest BCUT2D eigenvalue weighted by molar-refractivity contribution is -0.138. The van der Waals surface area contributed by atoms with Crippen LogP contribution in [0, 0.1) is 6.92 Å². The number of hydrogen-bond acceptors (Lipinski definition) is 3. The zero-order chi connectivity index (χ0) is 23.8. The van der Waals surface area contributed by atoms with Gasteiger partial charge in [0.15, 0.2) is 5.82 Å². The predicted molar refractivity (Wildman–Crippen MR) is 112 cm³/mol. The lowest BCUT2D eigenvalue weighted by Gasteiger charge is -2.23. The fraction of sp³-hybridized carbons (Fsp3) is 0.435.